The van der Waals surface area contributed by atoms with Crippen molar-refractivity contribution in [3.8, 4) is 0 Å². The Kier molecular flexibility index (Phi) is 11.0. The summed E-state index contributed by atoms with van der Waals surface area (Å²) in [6.45, 7) is 10.3. The van der Waals surface area contributed by atoms with Gasteiger partial charge in [-0.05, 0) is 69.4 Å². The molecule has 0 radical (unpaired) electrons. The number of aliphatic hydroxyl groups is 1. The summed E-state index contributed by atoms with van der Waals surface area (Å²) in [5, 5.41) is 15.1. The minimum absolute atomic E-state index is 0.140. The third kappa shape index (κ3) is 9.09. The molecule has 0 aromatic rings. The molecule has 1 saturated carbocycles. The molecule has 1 fully saturated rings. The fraction of sp³-hybridized carbons (Fsp3) is 0.586. The van der Waals surface area contributed by atoms with E-state index < -0.39 is 12.6 Å². The van der Waals surface area contributed by atoms with Crippen LogP contribution in [-0.2, 0) is 9.59 Å². The molecule has 2 aliphatic carbocycles. The largest absolute Gasteiger partial charge is 0.394 e. The van der Waals surface area contributed by atoms with Gasteiger partial charge in [-0.2, -0.15) is 0 Å². The van der Waals surface area contributed by atoms with Crippen LogP contribution in [-0.4, -0.2) is 35.6 Å². The topological polar surface area (TPSA) is 78.4 Å². The van der Waals surface area contributed by atoms with E-state index in [1.54, 1.807) is 0 Å². The second kappa shape index (κ2) is 13.5. The molecule has 0 saturated heterocycles. The van der Waals surface area contributed by atoms with Gasteiger partial charge < -0.3 is 15.7 Å². The minimum Gasteiger partial charge on any atom is -0.394 e. The van der Waals surface area contributed by atoms with Gasteiger partial charge in [-0.3, -0.25) is 9.59 Å². The van der Waals surface area contributed by atoms with Crippen LogP contribution in [0, 0.1) is 5.41 Å². The van der Waals surface area contributed by atoms with Gasteiger partial charge in [0.1, 0.15) is 6.04 Å². The second-order valence-electron chi connectivity index (χ2n) is 10.5. The summed E-state index contributed by atoms with van der Waals surface area (Å²) in [5.41, 5.74) is 5.04. The maximum Gasteiger partial charge on any atom is 0.245 e. The van der Waals surface area contributed by atoms with Gasteiger partial charge in [0.2, 0.25) is 11.8 Å². The Bertz CT molecular complexity index is 868. The van der Waals surface area contributed by atoms with E-state index in [1.165, 1.54) is 42.9 Å². The Labute approximate surface area is 206 Å². The van der Waals surface area contributed by atoms with Crippen LogP contribution in [0.1, 0.15) is 86.0 Å². The van der Waals surface area contributed by atoms with E-state index in [1.807, 2.05) is 25.2 Å². The molecule has 5 nitrogen and oxygen atoms in total. The SMILES string of the molecule is CC(C=CC1=C(C)CCCC1(C)C)=CC=CC(C)=CC(=O)NC(CO)C(=O)NC1CCCCC1. The van der Waals surface area contributed by atoms with Gasteiger partial charge in [-0.25, -0.2) is 0 Å². The standard InChI is InChI=1S/C29H44N2O3/c1-21(16-17-25-23(3)13-10-18-29(25,4)5)11-9-12-22(2)19-27(33)31-26(20-32)28(34)30-24-14-7-6-8-15-24/h9,11-12,16-17,19,24,26,32H,6-8,10,13-15,18,20H2,1-5H3,(H,30,34)(H,31,33). The van der Waals surface area contributed by atoms with E-state index in [-0.39, 0.29) is 23.3 Å². The van der Waals surface area contributed by atoms with Crippen LogP contribution >= 0.6 is 0 Å². The molecule has 2 rings (SSSR count). The summed E-state index contributed by atoms with van der Waals surface area (Å²) in [7, 11) is 0. The van der Waals surface area contributed by atoms with Crippen molar-refractivity contribution >= 4 is 11.8 Å². The highest BCUT2D eigenvalue weighted by molar-refractivity contribution is 5.93. The number of hydrogen-bond donors (Lipinski definition) is 3. The van der Waals surface area contributed by atoms with E-state index in [0.717, 1.165) is 36.8 Å². The highest BCUT2D eigenvalue weighted by Crippen LogP contribution is 2.40. The van der Waals surface area contributed by atoms with Gasteiger partial charge in [0.05, 0.1) is 6.61 Å². The highest BCUT2D eigenvalue weighted by Gasteiger charge is 2.26. The summed E-state index contributed by atoms with van der Waals surface area (Å²) in [5.74, 6) is -0.705. The van der Waals surface area contributed by atoms with E-state index in [4.69, 9.17) is 0 Å². The van der Waals surface area contributed by atoms with Gasteiger partial charge in [0, 0.05) is 12.1 Å². The van der Waals surface area contributed by atoms with Crippen LogP contribution in [0.15, 0.2) is 58.7 Å². The van der Waals surface area contributed by atoms with E-state index >= 15 is 0 Å². The first kappa shape index (κ1) is 27.8. The lowest BCUT2D eigenvalue weighted by Gasteiger charge is -2.32. The molecule has 1 atom stereocenters. The Morgan fingerprint density at radius 1 is 1.09 bits per heavy atom. The smallest absolute Gasteiger partial charge is 0.245 e. The van der Waals surface area contributed by atoms with Gasteiger partial charge in [-0.15, -0.1) is 0 Å². The van der Waals surface area contributed by atoms with Crippen molar-refractivity contribution in [2.24, 2.45) is 5.41 Å². The fourth-order valence-corrected chi connectivity index (χ4v) is 4.84. The highest BCUT2D eigenvalue weighted by atomic mass is 16.3. The van der Waals surface area contributed by atoms with Crippen molar-refractivity contribution in [3.05, 3.63) is 58.7 Å². The number of hydrogen-bond acceptors (Lipinski definition) is 3. The van der Waals surface area contributed by atoms with Crippen LogP contribution in [0.2, 0.25) is 0 Å². The maximum atomic E-state index is 12.4. The first-order valence-corrected chi connectivity index (χ1v) is 12.8. The minimum atomic E-state index is -0.934. The quantitative estimate of drug-likeness (QED) is 0.311. The van der Waals surface area contributed by atoms with Gasteiger partial charge in [0.25, 0.3) is 0 Å². The molecule has 0 spiro atoms. The average molecular weight is 469 g/mol. The summed E-state index contributed by atoms with van der Waals surface area (Å²) in [6, 6.07) is -0.794. The maximum absolute atomic E-state index is 12.4. The Morgan fingerprint density at radius 3 is 2.44 bits per heavy atom. The van der Waals surface area contributed by atoms with Gasteiger partial charge >= 0.3 is 0 Å². The average Bonchev–Trinajstić information content (AvgIpc) is 2.77. The fourth-order valence-electron chi connectivity index (χ4n) is 4.84. The predicted octanol–water partition coefficient (Wildman–Crippen LogP) is 5.44. The number of allylic oxidation sites excluding steroid dienone is 9. The lowest BCUT2D eigenvalue weighted by Crippen LogP contribution is -2.51. The van der Waals surface area contributed by atoms with Crippen LogP contribution in [0.3, 0.4) is 0 Å². The summed E-state index contributed by atoms with van der Waals surface area (Å²) in [4.78, 5) is 24.8. The summed E-state index contributed by atoms with van der Waals surface area (Å²) in [6.07, 6.45) is 20.6. The molecule has 1 unspecified atom stereocenters. The van der Waals surface area contributed by atoms with E-state index in [2.05, 4.69) is 50.5 Å². The molecule has 2 amide bonds. The molecule has 2 aliphatic rings. The van der Waals surface area contributed by atoms with Crippen LogP contribution in [0.25, 0.3) is 0 Å². The molecule has 5 heteroatoms. The molecule has 0 aliphatic heterocycles. The van der Waals surface area contributed by atoms with E-state index in [0.29, 0.717) is 0 Å². The van der Waals surface area contributed by atoms with Crippen LogP contribution in [0.4, 0.5) is 0 Å². The third-order valence-electron chi connectivity index (χ3n) is 6.90. The van der Waals surface area contributed by atoms with Gasteiger partial charge in [-0.1, -0.05) is 74.6 Å². The van der Waals surface area contributed by atoms with Crippen LogP contribution in [0.5, 0.6) is 0 Å². The summed E-state index contributed by atoms with van der Waals surface area (Å²) >= 11 is 0. The Balaban J connectivity index is 1.89. The lowest BCUT2D eigenvalue weighted by molar-refractivity contribution is -0.128. The molecule has 3 N–H and O–H groups in total. The Hall–Kier alpha value is -2.40. The molecule has 34 heavy (non-hydrogen) atoms. The number of rotatable bonds is 9. The molecule has 0 heterocycles. The molecule has 0 bridgehead atoms. The molecular formula is C29H44N2O3. The normalized spacial score (nSPS) is 21.2. The van der Waals surface area contributed by atoms with Crippen molar-refractivity contribution in [3.63, 3.8) is 0 Å². The first-order valence-electron chi connectivity index (χ1n) is 12.8. The van der Waals surface area contributed by atoms with Crippen molar-refractivity contribution in [1.82, 2.24) is 10.6 Å². The zero-order valence-corrected chi connectivity index (χ0v) is 21.7. The molecule has 188 valence electrons. The number of amides is 2. The Morgan fingerprint density at radius 2 is 1.79 bits per heavy atom. The lowest BCUT2D eigenvalue weighted by atomic mass is 9.72. The number of aliphatic hydroxyl groups excluding tert-OH is 1. The summed E-state index contributed by atoms with van der Waals surface area (Å²) < 4.78 is 0. The molecule has 0 aromatic heterocycles. The van der Waals surface area contributed by atoms with Crippen LogP contribution < -0.4 is 10.6 Å². The van der Waals surface area contributed by atoms with E-state index in [9.17, 15) is 14.7 Å². The number of carbonyl (C=O) groups excluding carboxylic acids is 2. The van der Waals surface area contributed by atoms with Crippen molar-refractivity contribution in [1.29, 1.82) is 0 Å². The number of carbonyl (C=O) groups is 2. The van der Waals surface area contributed by atoms with Crippen molar-refractivity contribution in [2.45, 2.75) is 98.1 Å². The monoisotopic (exact) mass is 468 g/mol. The molecule has 0 aromatic carbocycles. The third-order valence-corrected chi connectivity index (χ3v) is 6.90. The second-order valence-corrected chi connectivity index (χ2v) is 10.5. The van der Waals surface area contributed by atoms with Crippen molar-refractivity contribution < 1.29 is 14.7 Å². The zero-order chi connectivity index (χ0) is 25.1. The molecular weight excluding hydrogens is 424 g/mol. The van der Waals surface area contributed by atoms with Crippen molar-refractivity contribution in [2.75, 3.05) is 6.61 Å². The van der Waals surface area contributed by atoms with Gasteiger partial charge in [0.15, 0.2) is 0 Å². The predicted molar refractivity (Wildman–Crippen MR) is 140 cm³/mol. The number of nitrogens with one attached hydrogen (secondary N) is 2. The first-order chi connectivity index (χ1) is 16.1. The zero-order valence-electron chi connectivity index (χ0n) is 21.7.